The lowest BCUT2D eigenvalue weighted by molar-refractivity contribution is 0.644. The molecule has 0 aliphatic carbocycles. The van der Waals surface area contributed by atoms with Gasteiger partial charge in [-0.2, -0.15) is 10.1 Å². The van der Waals surface area contributed by atoms with Gasteiger partial charge in [0.05, 0.1) is 6.20 Å². The van der Waals surface area contributed by atoms with Gasteiger partial charge in [0.15, 0.2) is 5.82 Å². The Kier molecular flexibility index (Phi) is 6.19. The van der Waals surface area contributed by atoms with Crippen LogP contribution in [0.1, 0.15) is 17.5 Å². The molecule has 2 heterocycles. The lowest BCUT2D eigenvalue weighted by Crippen LogP contribution is -2.47. The summed E-state index contributed by atoms with van der Waals surface area (Å²) in [5.41, 5.74) is 3.95. The lowest BCUT2D eigenvalue weighted by Gasteiger charge is -2.36. The molecule has 1 N–H and O–H groups in total. The third-order valence-electron chi connectivity index (χ3n) is 5.28. The van der Waals surface area contributed by atoms with E-state index in [9.17, 15) is 0 Å². The first-order valence-corrected chi connectivity index (χ1v) is 10.3. The van der Waals surface area contributed by atoms with Crippen LogP contribution in [0.4, 0.5) is 17.5 Å². The minimum atomic E-state index is 0.608. The number of benzene rings is 2. The lowest BCUT2D eigenvalue weighted by atomic mass is 10.1. The molecular formula is C23H28N6. The van der Waals surface area contributed by atoms with Gasteiger partial charge in [-0.25, -0.2) is 0 Å². The van der Waals surface area contributed by atoms with E-state index in [2.05, 4.69) is 85.8 Å². The van der Waals surface area contributed by atoms with E-state index in [-0.39, 0.29) is 0 Å². The van der Waals surface area contributed by atoms with Gasteiger partial charge in [0.25, 0.3) is 0 Å². The van der Waals surface area contributed by atoms with Gasteiger partial charge in [0.1, 0.15) is 0 Å². The van der Waals surface area contributed by atoms with E-state index in [4.69, 9.17) is 0 Å². The SMILES string of the molecule is Cc1cccc(N2CCN(c3cnnc(NCCCc4ccccc4)n3)CC2)c1. The van der Waals surface area contributed by atoms with E-state index in [0.29, 0.717) is 5.95 Å². The summed E-state index contributed by atoms with van der Waals surface area (Å²) in [5, 5.41) is 11.6. The maximum Gasteiger partial charge on any atom is 0.244 e. The highest BCUT2D eigenvalue weighted by Crippen LogP contribution is 2.20. The van der Waals surface area contributed by atoms with Crippen molar-refractivity contribution in [1.82, 2.24) is 15.2 Å². The highest BCUT2D eigenvalue weighted by molar-refractivity contribution is 5.51. The molecule has 1 saturated heterocycles. The Hall–Kier alpha value is -3.15. The van der Waals surface area contributed by atoms with Crippen LogP contribution in [0.2, 0.25) is 0 Å². The predicted molar refractivity (Wildman–Crippen MR) is 119 cm³/mol. The van der Waals surface area contributed by atoms with Crippen molar-refractivity contribution < 1.29 is 0 Å². The van der Waals surface area contributed by atoms with Gasteiger partial charge in [-0.1, -0.05) is 42.5 Å². The topological polar surface area (TPSA) is 57.2 Å². The average molecular weight is 389 g/mol. The summed E-state index contributed by atoms with van der Waals surface area (Å²) in [6.07, 6.45) is 3.84. The summed E-state index contributed by atoms with van der Waals surface area (Å²) in [6, 6.07) is 19.2. The molecule has 0 radical (unpaired) electrons. The van der Waals surface area contributed by atoms with Crippen molar-refractivity contribution in [2.75, 3.05) is 47.8 Å². The van der Waals surface area contributed by atoms with Crippen molar-refractivity contribution >= 4 is 17.5 Å². The number of piperazine rings is 1. The van der Waals surface area contributed by atoms with Crippen LogP contribution >= 0.6 is 0 Å². The van der Waals surface area contributed by atoms with E-state index >= 15 is 0 Å². The fourth-order valence-corrected chi connectivity index (χ4v) is 3.68. The quantitative estimate of drug-likeness (QED) is 0.625. The first-order chi connectivity index (χ1) is 14.3. The van der Waals surface area contributed by atoms with E-state index in [1.807, 2.05) is 6.07 Å². The maximum atomic E-state index is 4.68. The Balaban J connectivity index is 1.27. The van der Waals surface area contributed by atoms with E-state index in [1.54, 1.807) is 6.20 Å². The highest BCUT2D eigenvalue weighted by atomic mass is 15.3. The molecule has 0 saturated carbocycles. The second-order valence-corrected chi connectivity index (χ2v) is 7.47. The molecule has 0 amide bonds. The van der Waals surface area contributed by atoms with Crippen LogP contribution in [0.25, 0.3) is 0 Å². The number of aromatic nitrogens is 3. The van der Waals surface area contributed by atoms with Gasteiger partial charge in [0.2, 0.25) is 5.95 Å². The van der Waals surface area contributed by atoms with Crippen LogP contribution < -0.4 is 15.1 Å². The summed E-state index contributed by atoms with van der Waals surface area (Å²) in [7, 11) is 0. The van der Waals surface area contributed by atoms with Gasteiger partial charge >= 0.3 is 0 Å². The van der Waals surface area contributed by atoms with Gasteiger partial charge in [-0.15, -0.1) is 5.10 Å². The number of aryl methyl sites for hydroxylation is 2. The third kappa shape index (κ3) is 5.22. The summed E-state index contributed by atoms with van der Waals surface area (Å²) >= 11 is 0. The van der Waals surface area contributed by atoms with Gasteiger partial charge in [-0.05, 0) is 43.0 Å². The van der Waals surface area contributed by atoms with Crippen molar-refractivity contribution in [3.63, 3.8) is 0 Å². The van der Waals surface area contributed by atoms with Crippen molar-refractivity contribution in [3.8, 4) is 0 Å². The summed E-state index contributed by atoms with van der Waals surface area (Å²) in [6.45, 7) is 6.79. The third-order valence-corrected chi connectivity index (χ3v) is 5.28. The molecule has 6 nitrogen and oxygen atoms in total. The molecule has 0 spiro atoms. The first kappa shape index (κ1) is 19.2. The standard InChI is InChI=1S/C23H28N6/c1-19-7-5-11-21(17-19)28-13-15-29(16-14-28)22-18-25-27-23(26-22)24-12-6-10-20-8-3-2-4-9-20/h2-5,7-9,11,17-18H,6,10,12-16H2,1H3,(H,24,26,27). The fourth-order valence-electron chi connectivity index (χ4n) is 3.68. The summed E-state index contributed by atoms with van der Waals surface area (Å²) in [5.74, 6) is 1.51. The number of hydrogen-bond acceptors (Lipinski definition) is 6. The first-order valence-electron chi connectivity index (χ1n) is 10.3. The normalized spacial score (nSPS) is 14.1. The fraction of sp³-hybridized carbons (Fsp3) is 0.348. The zero-order valence-corrected chi connectivity index (χ0v) is 17.0. The van der Waals surface area contributed by atoms with Gasteiger partial charge < -0.3 is 15.1 Å². The molecule has 150 valence electrons. The van der Waals surface area contributed by atoms with E-state index < -0.39 is 0 Å². The number of nitrogens with one attached hydrogen (secondary N) is 1. The van der Waals surface area contributed by atoms with E-state index in [0.717, 1.165) is 51.4 Å². The molecule has 2 aromatic carbocycles. The van der Waals surface area contributed by atoms with Crippen molar-refractivity contribution in [3.05, 3.63) is 71.9 Å². The average Bonchev–Trinajstić information content (AvgIpc) is 2.78. The Bertz CT molecular complexity index is 906. The molecule has 6 heteroatoms. The Morgan fingerprint density at radius 3 is 2.52 bits per heavy atom. The van der Waals surface area contributed by atoms with Crippen molar-refractivity contribution in [2.45, 2.75) is 19.8 Å². The van der Waals surface area contributed by atoms with E-state index in [1.165, 1.54) is 16.8 Å². The second kappa shape index (κ2) is 9.37. The van der Waals surface area contributed by atoms with Gasteiger partial charge in [-0.3, -0.25) is 0 Å². The molecule has 4 rings (SSSR count). The number of hydrogen-bond donors (Lipinski definition) is 1. The number of anilines is 3. The predicted octanol–water partition coefficient (Wildman–Crippen LogP) is 3.55. The number of rotatable bonds is 7. The van der Waals surface area contributed by atoms with Crippen LogP contribution in [0, 0.1) is 6.92 Å². The Labute approximate surface area is 172 Å². The Morgan fingerprint density at radius 2 is 1.72 bits per heavy atom. The minimum absolute atomic E-state index is 0.608. The second-order valence-electron chi connectivity index (χ2n) is 7.47. The molecule has 0 bridgehead atoms. The molecule has 1 aliphatic heterocycles. The van der Waals surface area contributed by atoms with Crippen molar-refractivity contribution in [1.29, 1.82) is 0 Å². The van der Waals surface area contributed by atoms with Crippen molar-refractivity contribution in [2.24, 2.45) is 0 Å². The molecule has 3 aromatic rings. The largest absolute Gasteiger partial charge is 0.368 e. The van der Waals surface area contributed by atoms with Crippen LogP contribution in [0.15, 0.2) is 60.8 Å². The summed E-state index contributed by atoms with van der Waals surface area (Å²) in [4.78, 5) is 9.39. The molecule has 1 aromatic heterocycles. The van der Waals surface area contributed by atoms with Crippen LogP contribution in [0.3, 0.4) is 0 Å². The van der Waals surface area contributed by atoms with Crippen LogP contribution in [-0.2, 0) is 6.42 Å². The smallest absolute Gasteiger partial charge is 0.244 e. The molecule has 29 heavy (non-hydrogen) atoms. The maximum absolute atomic E-state index is 4.68. The monoisotopic (exact) mass is 388 g/mol. The Morgan fingerprint density at radius 1 is 0.931 bits per heavy atom. The molecule has 0 unspecified atom stereocenters. The summed E-state index contributed by atoms with van der Waals surface area (Å²) < 4.78 is 0. The molecule has 1 fully saturated rings. The molecule has 0 atom stereocenters. The molecule has 1 aliphatic rings. The minimum Gasteiger partial charge on any atom is -0.368 e. The van der Waals surface area contributed by atoms with Crippen LogP contribution in [-0.4, -0.2) is 47.9 Å². The molecular weight excluding hydrogens is 360 g/mol. The van der Waals surface area contributed by atoms with Gasteiger partial charge in [0, 0.05) is 38.4 Å². The zero-order chi connectivity index (χ0) is 19.9. The van der Waals surface area contributed by atoms with Crippen LogP contribution in [0.5, 0.6) is 0 Å². The highest BCUT2D eigenvalue weighted by Gasteiger charge is 2.19. The zero-order valence-electron chi connectivity index (χ0n) is 17.0. The number of nitrogens with zero attached hydrogens (tertiary/aromatic N) is 5.